The maximum Gasteiger partial charge on any atom is 0.139 e. The van der Waals surface area contributed by atoms with Crippen LogP contribution < -0.4 is 0 Å². The molecule has 1 aliphatic carbocycles. The van der Waals surface area contributed by atoms with E-state index in [1.165, 1.54) is 0 Å². The molecule has 0 saturated carbocycles. The largest absolute Gasteiger partial charge is 0.339 e. The van der Waals surface area contributed by atoms with Crippen LogP contribution >= 0.6 is 27.7 Å². The molecular formula is C14H13BrN4S. The Balaban J connectivity index is 1.97. The fourth-order valence-electron chi connectivity index (χ4n) is 2.04. The number of nitrogens with zero attached hydrogens (tertiary/aromatic N) is 3. The molecule has 6 heteroatoms. The van der Waals surface area contributed by atoms with Crippen molar-refractivity contribution in [3.05, 3.63) is 41.5 Å². The summed E-state index contributed by atoms with van der Waals surface area (Å²) in [6.07, 6.45) is 3.71. The molecule has 1 aromatic carbocycles. The van der Waals surface area contributed by atoms with Crippen LogP contribution in [0.2, 0.25) is 0 Å². The predicted octanol–water partition coefficient (Wildman–Crippen LogP) is 3.19. The number of allylic oxidation sites excluding steroid dienone is 1. The quantitative estimate of drug-likeness (QED) is 0.481. The van der Waals surface area contributed by atoms with Crippen molar-refractivity contribution in [2.24, 2.45) is 10.2 Å². The van der Waals surface area contributed by atoms with E-state index in [-0.39, 0.29) is 4.28 Å². The number of amidine groups is 1. The number of benzene rings is 1. The van der Waals surface area contributed by atoms with Gasteiger partial charge in [-0.05, 0) is 11.6 Å². The second-order valence-electron chi connectivity index (χ2n) is 4.51. The van der Waals surface area contributed by atoms with Crippen LogP contribution in [0.4, 0.5) is 0 Å². The minimum absolute atomic E-state index is 0.249. The van der Waals surface area contributed by atoms with Crippen LogP contribution in [0.1, 0.15) is 11.1 Å². The molecule has 0 radical (unpaired) electrons. The lowest BCUT2D eigenvalue weighted by molar-refractivity contribution is 0.584. The molecule has 4 nitrogen and oxygen atoms in total. The number of hydrogen-bond acceptors (Lipinski definition) is 4. The molecule has 1 atom stereocenters. The smallest absolute Gasteiger partial charge is 0.139 e. The standard InChI is InChI=1S/C14H13BrN4S/c1-19-12(8-20-14(19)15)17-18-13-10-5-3-2-4-9(10)6-7-11(13)16/h2-7,14,16H,8H2,1H3. The van der Waals surface area contributed by atoms with Crippen molar-refractivity contribution in [1.82, 2.24) is 4.90 Å². The molecule has 0 amide bonds. The summed E-state index contributed by atoms with van der Waals surface area (Å²) in [6, 6.07) is 7.94. The average Bonchev–Trinajstić information content (AvgIpc) is 2.78. The molecule has 2 aliphatic rings. The highest BCUT2D eigenvalue weighted by Gasteiger charge is 2.24. The van der Waals surface area contributed by atoms with Crippen LogP contribution in [0, 0.1) is 5.41 Å². The third-order valence-corrected chi connectivity index (χ3v) is 5.65. The van der Waals surface area contributed by atoms with Gasteiger partial charge in [-0.15, -0.1) is 22.0 Å². The van der Waals surface area contributed by atoms with Gasteiger partial charge in [0, 0.05) is 12.6 Å². The molecule has 1 saturated heterocycles. The number of hydrogen-bond donors (Lipinski definition) is 1. The van der Waals surface area contributed by atoms with Crippen molar-refractivity contribution in [3.63, 3.8) is 0 Å². The molecule has 1 aromatic rings. The third-order valence-electron chi connectivity index (χ3n) is 3.23. The Hall–Kier alpha value is -1.40. The lowest BCUT2D eigenvalue weighted by Gasteiger charge is -2.15. The van der Waals surface area contributed by atoms with Crippen LogP contribution in [0.3, 0.4) is 0 Å². The molecule has 1 heterocycles. The first-order valence-electron chi connectivity index (χ1n) is 6.16. The zero-order valence-corrected chi connectivity index (χ0v) is 13.3. The van der Waals surface area contributed by atoms with Gasteiger partial charge < -0.3 is 4.90 Å². The van der Waals surface area contributed by atoms with Gasteiger partial charge in [-0.1, -0.05) is 46.3 Å². The van der Waals surface area contributed by atoms with Gasteiger partial charge in [0.2, 0.25) is 0 Å². The lowest BCUT2D eigenvalue weighted by atomic mass is 9.94. The Kier molecular flexibility index (Phi) is 3.76. The zero-order valence-electron chi connectivity index (χ0n) is 10.9. The Bertz CT molecular complexity index is 650. The van der Waals surface area contributed by atoms with E-state index in [9.17, 15) is 0 Å². The van der Waals surface area contributed by atoms with Crippen molar-refractivity contribution in [2.45, 2.75) is 4.28 Å². The fraction of sp³-hybridized carbons (Fsp3) is 0.214. The van der Waals surface area contributed by atoms with Crippen molar-refractivity contribution in [3.8, 4) is 0 Å². The van der Waals surface area contributed by atoms with Gasteiger partial charge in [0.25, 0.3) is 0 Å². The van der Waals surface area contributed by atoms with Crippen LogP contribution in [-0.4, -0.2) is 39.2 Å². The van der Waals surface area contributed by atoms with Crippen LogP contribution in [0.15, 0.2) is 40.5 Å². The second-order valence-corrected chi connectivity index (χ2v) is 7.06. The maximum atomic E-state index is 8.03. The van der Waals surface area contributed by atoms with Crippen LogP contribution in [0.25, 0.3) is 6.08 Å². The monoisotopic (exact) mass is 348 g/mol. The summed E-state index contributed by atoms with van der Waals surface area (Å²) in [6.45, 7) is 0. The summed E-state index contributed by atoms with van der Waals surface area (Å²) < 4.78 is 0.249. The zero-order chi connectivity index (χ0) is 14.1. The summed E-state index contributed by atoms with van der Waals surface area (Å²) in [5, 5.41) is 16.7. The van der Waals surface area contributed by atoms with Crippen LogP contribution in [-0.2, 0) is 0 Å². The van der Waals surface area contributed by atoms with E-state index in [1.54, 1.807) is 17.8 Å². The molecule has 0 spiro atoms. The third kappa shape index (κ3) is 2.45. The minimum atomic E-state index is 0.249. The summed E-state index contributed by atoms with van der Waals surface area (Å²) in [5.41, 5.74) is 3.08. The highest BCUT2D eigenvalue weighted by atomic mass is 79.9. The van der Waals surface area contributed by atoms with Crippen molar-refractivity contribution >= 4 is 51.0 Å². The first-order valence-corrected chi connectivity index (χ1v) is 8.12. The van der Waals surface area contributed by atoms with E-state index < -0.39 is 0 Å². The van der Waals surface area contributed by atoms with Crippen molar-refractivity contribution < 1.29 is 0 Å². The molecule has 0 aromatic heterocycles. The molecule has 1 fully saturated rings. The number of thioether (sulfide) groups is 1. The Morgan fingerprint density at radius 1 is 1.30 bits per heavy atom. The predicted molar refractivity (Wildman–Crippen MR) is 90.1 cm³/mol. The van der Waals surface area contributed by atoms with E-state index in [0.717, 1.165) is 22.7 Å². The van der Waals surface area contributed by atoms with Gasteiger partial charge in [-0.2, -0.15) is 0 Å². The van der Waals surface area contributed by atoms with Crippen molar-refractivity contribution in [2.75, 3.05) is 12.8 Å². The summed E-state index contributed by atoms with van der Waals surface area (Å²) >= 11 is 5.32. The summed E-state index contributed by atoms with van der Waals surface area (Å²) in [5.74, 6) is 1.75. The fourth-order valence-corrected chi connectivity index (χ4v) is 3.57. The molecular weight excluding hydrogens is 336 g/mol. The molecule has 1 N–H and O–H groups in total. The maximum absolute atomic E-state index is 8.03. The van der Waals surface area contributed by atoms with E-state index in [1.807, 2.05) is 42.3 Å². The Morgan fingerprint density at radius 2 is 2.10 bits per heavy atom. The molecule has 3 rings (SSSR count). The normalized spacial score (nSPS) is 25.6. The van der Waals surface area contributed by atoms with E-state index in [2.05, 4.69) is 26.1 Å². The van der Waals surface area contributed by atoms with Gasteiger partial charge in [-0.3, -0.25) is 5.41 Å². The SMILES string of the molecule is CN1C(=NN=C2C(=N)C=Cc3ccccc32)CSC1Br. The highest BCUT2D eigenvalue weighted by Crippen LogP contribution is 2.28. The highest BCUT2D eigenvalue weighted by molar-refractivity contribution is 9.11. The van der Waals surface area contributed by atoms with Gasteiger partial charge in [0.15, 0.2) is 0 Å². The number of nitrogens with one attached hydrogen (secondary N) is 1. The molecule has 1 unspecified atom stereocenters. The topological polar surface area (TPSA) is 51.8 Å². The van der Waals surface area contributed by atoms with Gasteiger partial charge in [0.1, 0.15) is 15.8 Å². The number of alkyl halides is 1. The second kappa shape index (κ2) is 5.54. The number of fused-ring (bicyclic) bond motifs is 1. The average molecular weight is 349 g/mol. The molecule has 0 bridgehead atoms. The van der Waals surface area contributed by atoms with Gasteiger partial charge >= 0.3 is 0 Å². The van der Waals surface area contributed by atoms with E-state index >= 15 is 0 Å². The summed E-state index contributed by atoms with van der Waals surface area (Å²) in [4.78, 5) is 2.04. The minimum Gasteiger partial charge on any atom is -0.339 e. The molecule has 1 aliphatic heterocycles. The Morgan fingerprint density at radius 3 is 2.85 bits per heavy atom. The summed E-state index contributed by atoms with van der Waals surface area (Å²) in [7, 11) is 1.98. The van der Waals surface area contributed by atoms with Gasteiger partial charge in [-0.25, -0.2) is 0 Å². The molecule has 20 heavy (non-hydrogen) atoms. The van der Waals surface area contributed by atoms with Crippen molar-refractivity contribution in [1.29, 1.82) is 5.41 Å². The van der Waals surface area contributed by atoms with E-state index in [4.69, 9.17) is 5.41 Å². The number of halogens is 1. The lowest BCUT2D eigenvalue weighted by Crippen LogP contribution is -2.25. The van der Waals surface area contributed by atoms with E-state index in [0.29, 0.717) is 11.4 Å². The number of rotatable bonds is 1. The Labute approximate surface area is 130 Å². The first kappa shape index (κ1) is 13.6. The first-order chi connectivity index (χ1) is 9.66. The van der Waals surface area contributed by atoms with Gasteiger partial charge in [0.05, 0.1) is 11.5 Å². The molecule has 102 valence electrons. The van der Waals surface area contributed by atoms with Crippen LogP contribution in [0.5, 0.6) is 0 Å².